The maximum absolute atomic E-state index is 5.17. The van der Waals surface area contributed by atoms with Gasteiger partial charge in [0.1, 0.15) is 0 Å². The Morgan fingerprint density at radius 1 is 1.83 bits per heavy atom. The molecular weight excluding hydrogens is 100 g/mol. The van der Waals surface area contributed by atoms with Crippen LogP contribution >= 0.6 is 11.9 Å². The van der Waals surface area contributed by atoms with E-state index in [-0.39, 0.29) is 5.50 Å². The minimum atomic E-state index is -0.190. The molecular formula is CH4N4S. The monoisotopic (exact) mass is 104 g/mol. The van der Waals surface area contributed by atoms with E-state index in [1.165, 1.54) is 11.9 Å². The van der Waals surface area contributed by atoms with Gasteiger partial charge >= 0.3 is 0 Å². The van der Waals surface area contributed by atoms with Crippen LogP contribution in [0.1, 0.15) is 0 Å². The summed E-state index contributed by atoms with van der Waals surface area (Å²) in [5.41, 5.74) is 4.98. The third kappa shape index (κ3) is 0.605. The first-order chi connectivity index (χ1) is 2.89. The van der Waals surface area contributed by atoms with E-state index in [1.807, 2.05) is 0 Å². The van der Waals surface area contributed by atoms with E-state index in [1.54, 1.807) is 0 Å². The molecule has 3 N–H and O–H groups in total. The molecule has 0 aliphatic carbocycles. The molecule has 0 saturated carbocycles. The van der Waals surface area contributed by atoms with Crippen molar-refractivity contribution in [3.8, 4) is 0 Å². The van der Waals surface area contributed by atoms with Crippen molar-refractivity contribution < 1.29 is 0 Å². The lowest BCUT2D eigenvalue weighted by Gasteiger charge is -1.85. The summed E-state index contributed by atoms with van der Waals surface area (Å²) >= 11 is 1.29. The first-order valence-corrected chi connectivity index (χ1v) is 2.33. The Balaban J connectivity index is 2.38. The quantitative estimate of drug-likeness (QED) is 0.420. The van der Waals surface area contributed by atoms with Crippen LogP contribution in [0.3, 0.4) is 0 Å². The topological polar surface area (TPSA) is 62.8 Å². The van der Waals surface area contributed by atoms with Gasteiger partial charge in [-0.05, 0) is 0 Å². The zero-order valence-corrected chi connectivity index (χ0v) is 3.77. The molecule has 1 atom stereocenters. The summed E-state index contributed by atoms with van der Waals surface area (Å²) in [6, 6.07) is 0. The van der Waals surface area contributed by atoms with Gasteiger partial charge in [-0.1, -0.05) is 5.22 Å². The highest BCUT2D eigenvalue weighted by atomic mass is 32.2. The molecule has 0 aromatic rings. The van der Waals surface area contributed by atoms with Crippen molar-refractivity contribution in [2.24, 2.45) is 16.1 Å². The summed E-state index contributed by atoms with van der Waals surface area (Å²) in [7, 11) is 0. The molecule has 0 aromatic heterocycles. The molecule has 1 unspecified atom stereocenters. The van der Waals surface area contributed by atoms with Crippen LogP contribution in [0.25, 0.3) is 0 Å². The maximum Gasteiger partial charge on any atom is 0.187 e. The molecule has 34 valence electrons. The van der Waals surface area contributed by atoms with Gasteiger partial charge in [0.2, 0.25) is 0 Å². The van der Waals surface area contributed by atoms with Gasteiger partial charge in [0, 0.05) is 11.9 Å². The van der Waals surface area contributed by atoms with Crippen LogP contribution in [0.2, 0.25) is 0 Å². The second kappa shape index (κ2) is 1.44. The van der Waals surface area contributed by atoms with Crippen LogP contribution in [0.15, 0.2) is 10.3 Å². The van der Waals surface area contributed by atoms with Crippen LogP contribution in [-0.4, -0.2) is 5.50 Å². The van der Waals surface area contributed by atoms with Gasteiger partial charge < -0.3 is 0 Å². The summed E-state index contributed by atoms with van der Waals surface area (Å²) in [4.78, 5) is 2.52. The molecule has 1 rings (SSSR count). The van der Waals surface area contributed by atoms with Crippen molar-refractivity contribution >= 4 is 11.9 Å². The van der Waals surface area contributed by atoms with Gasteiger partial charge in [-0.25, -0.2) is 4.83 Å². The summed E-state index contributed by atoms with van der Waals surface area (Å²) in [6.07, 6.45) is 0. The lowest BCUT2D eigenvalue weighted by Crippen LogP contribution is -2.08. The highest BCUT2D eigenvalue weighted by molar-refractivity contribution is 7.98. The minimum absolute atomic E-state index is 0.190. The molecule has 1 heterocycles. The Bertz CT molecular complexity index is 69.9. The first kappa shape index (κ1) is 3.89. The first-order valence-electron chi connectivity index (χ1n) is 1.45. The number of rotatable bonds is 0. The summed E-state index contributed by atoms with van der Waals surface area (Å²) in [6.45, 7) is 0. The summed E-state index contributed by atoms with van der Waals surface area (Å²) in [5, 5.41) is 6.87. The van der Waals surface area contributed by atoms with Crippen LogP contribution in [0, 0.1) is 0 Å². The van der Waals surface area contributed by atoms with Gasteiger partial charge in [0.15, 0.2) is 5.50 Å². The Morgan fingerprint density at radius 2 is 2.67 bits per heavy atom. The van der Waals surface area contributed by atoms with E-state index in [0.29, 0.717) is 0 Å². The molecule has 0 aromatic carbocycles. The van der Waals surface area contributed by atoms with Crippen molar-refractivity contribution in [1.29, 1.82) is 0 Å². The van der Waals surface area contributed by atoms with Crippen LogP contribution < -0.4 is 10.6 Å². The summed E-state index contributed by atoms with van der Waals surface area (Å²) < 4.78 is 0. The lowest BCUT2D eigenvalue weighted by atomic mass is 11.2. The van der Waals surface area contributed by atoms with Gasteiger partial charge in [0.25, 0.3) is 0 Å². The van der Waals surface area contributed by atoms with E-state index in [4.69, 9.17) is 5.73 Å². The van der Waals surface area contributed by atoms with Crippen LogP contribution in [0.5, 0.6) is 0 Å². The number of hydrogen-bond acceptors (Lipinski definition) is 5. The summed E-state index contributed by atoms with van der Waals surface area (Å²) in [5.74, 6) is 0. The molecule has 1 aliphatic heterocycles. The SMILES string of the molecule is NC1N=NNS1. The highest BCUT2D eigenvalue weighted by Gasteiger charge is 2.02. The van der Waals surface area contributed by atoms with E-state index in [0.717, 1.165) is 0 Å². The van der Waals surface area contributed by atoms with Gasteiger partial charge in [-0.15, -0.1) is 5.11 Å². The third-order valence-electron chi connectivity index (χ3n) is 0.386. The molecule has 0 spiro atoms. The van der Waals surface area contributed by atoms with E-state index in [2.05, 4.69) is 15.2 Å². The average Bonchev–Trinajstić information content (AvgIpc) is 1.86. The zero-order chi connectivity index (χ0) is 4.41. The van der Waals surface area contributed by atoms with E-state index >= 15 is 0 Å². The van der Waals surface area contributed by atoms with Crippen molar-refractivity contribution in [3.05, 3.63) is 0 Å². The average molecular weight is 104 g/mol. The van der Waals surface area contributed by atoms with Gasteiger partial charge in [0.05, 0.1) is 0 Å². The minimum Gasteiger partial charge on any atom is -0.298 e. The molecule has 5 heteroatoms. The van der Waals surface area contributed by atoms with Crippen molar-refractivity contribution in [3.63, 3.8) is 0 Å². The lowest BCUT2D eigenvalue weighted by molar-refractivity contribution is 0.883. The second-order valence-corrected chi connectivity index (χ2v) is 1.72. The standard InChI is InChI=1S/CH4N4S/c2-1-3-4-5-6-1/h1H,2H2,(H,3,5). The van der Waals surface area contributed by atoms with Crippen LogP contribution in [-0.2, 0) is 0 Å². The second-order valence-electron chi connectivity index (χ2n) is 0.815. The number of nitrogens with one attached hydrogen (secondary N) is 1. The Hall–Kier alpha value is -0.290. The fourth-order valence-corrected chi connectivity index (χ4v) is 0.478. The number of nitrogens with zero attached hydrogens (tertiary/aromatic N) is 2. The fraction of sp³-hybridized carbons (Fsp3) is 1.00. The Morgan fingerprint density at radius 3 is 2.83 bits per heavy atom. The predicted molar refractivity (Wildman–Crippen MR) is 23.6 cm³/mol. The van der Waals surface area contributed by atoms with Crippen molar-refractivity contribution in [2.75, 3.05) is 0 Å². The zero-order valence-electron chi connectivity index (χ0n) is 2.96. The smallest absolute Gasteiger partial charge is 0.187 e. The molecule has 1 aliphatic rings. The Labute approximate surface area is 39.3 Å². The van der Waals surface area contributed by atoms with Crippen molar-refractivity contribution in [1.82, 2.24) is 4.83 Å². The van der Waals surface area contributed by atoms with Gasteiger partial charge in [-0.2, -0.15) is 0 Å². The number of hydrogen-bond donors (Lipinski definition) is 2. The largest absolute Gasteiger partial charge is 0.298 e. The normalized spacial score (nSPS) is 30.5. The third-order valence-corrected chi connectivity index (χ3v) is 0.909. The fourth-order valence-electron chi connectivity index (χ4n) is 0.182. The predicted octanol–water partition coefficient (Wildman–Crippen LogP) is -0.153. The molecule has 0 bridgehead atoms. The highest BCUT2D eigenvalue weighted by Crippen LogP contribution is 2.06. The van der Waals surface area contributed by atoms with E-state index < -0.39 is 0 Å². The van der Waals surface area contributed by atoms with Crippen molar-refractivity contribution in [2.45, 2.75) is 5.50 Å². The maximum atomic E-state index is 5.17. The molecule has 4 nitrogen and oxygen atoms in total. The molecule has 0 fully saturated rings. The Kier molecular flexibility index (Phi) is 0.932. The molecule has 0 saturated heterocycles. The van der Waals surface area contributed by atoms with Crippen LogP contribution in [0.4, 0.5) is 0 Å². The molecule has 0 radical (unpaired) electrons. The van der Waals surface area contributed by atoms with Gasteiger partial charge in [-0.3, -0.25) is 5.73 Å². The molecule has 0 amide bonds. The molecule has 6 heavy (non-hydrogen) atoms. The number of nitrogens with two attached hydrogens (primary N) is 1. The van der Waals surface area contributed by atoms with E-state index in [9.17, 15) is 0 Å².